The summed E-state index contributed by atoms with van der Waals surface area (Å²) in [5.41, 5.74) is 3.43. The molecule has 2 N–H and O–H groups in total. The summed E-state index contributed by atoms with van der Waals surface area (Å²) in [6, 6.07) is 17.7. The molecule has 0 spiro atoms. The Kier molecular flexibility index (Phi) is 8.02. The van der Waals surface area contributed by atoms with E-state index in [9.17, 15) is 14.7 Å². The van der Waals surface area contributed by atoms with Gasteiger partial charge in [-0.1, -0.05) is 19.1 Å². The van der Waals surface area contributed by atoms with Crippen molar-refractivity contribution in [1.82, 2.24) is 5.43 Å². The van der Waals surface area contributed by atoms with Crippen molar-refractivity contribution in [2.45, 2.75) is 13.3 Å². The van der Waals surface area contributed by atoms with Crippen LogP contribution in [0.2, 0.25) is 0 Å². The van der Waals surface area contributed by atoms with Crippen molar-refractivity contribution in [2.24, 2.45) is 5.10 Å². The van der Waals surface area contributed by atoms with Gasteiger partial charge in [0.2, 0.25) is 0 Å². The molecule has 3 rings (SSSR count). The molecule has 0 saturated heterocycles. The van der Waals surface area contributed by atoms with Gasteiger partial charge in [-0.05, 0) is 66.6 Å². The summed E-state index contributed by atoms with van der Waals surface area (Å²) in [5.74, 6) is 0.0245. The maximum absolute atomic E-state index is 12.5. The molecular weight excluding hydrogens is 424 g/mol. The highest BCUT2D eigenvalue weighted by Crippen LogP contribution is 2.28. The number of benzene rings is 3. The van der Waals surface area contributed by atoms with Crippen LogP contribution in [0.25, 0.3) is 0 Å². The van der Waals surface area contributed by atoms with Gasteiger partial charge in [0.15, 0.2) is 11.5 Å². The van der Waals surface area contributed by atoms with Gasteiger partial charge < -0.3 is 19.3 Å². The summed E-state index contributed by atoms with van der Waals surface area (Å²) in [6.07, 6.45) is 2.30. The van der Waals surface area contributed by atoms with Crippen LogP contribution in [0, 0.1) is 0 Å². The third kappa shape index (κ3) is 6.33. The van der Waals surface area contributed by atoms with Crippen molar-refractivity contribution in [3.8, 4) is 23.0 Å². The molecule has 0 unspecified atom stereocenters. The van der Waals surface area contributed by atoms with Crippen LogP contribution in [0.3, 0.4) is 0 Å². The lowest BCUT2D eigenvalue weighted by Gasteiger charge is -2.10. The van der Waals surface area contributed by atoms with Crippen LogP contribution in [0.1, 0.15) is 39.6 Å². The molecule has 8 heteroatoms. The van der Waals surface area contributed by atoms with Crippen molar-refractivity contribution in [1.29, 1.82) is 0 Å². The zero-order valence-electron chi connectivity index (χ0n) is 18.3. The molecule has 0 fully saturated rings. The third-order valence-electron chi connectivity index (χ3n) is 4.48. The molecule has 33 heavy (non-hydrogen) atoms. The van der Waals surface area contributed by atoms with Gasteiger partial charge in [-0.2, -0.15) is 5.10 Å². The second kappa shape index (κ2) is 11.3. The van der Waals surface area contributed by atoms with E-state index < -0.39 is 11.9 Å². The quantitative estimate of drug-likeness (QED) is 0.220. The molecule has 1 amide bonds. The number of carbonyl (C=O) groups excluding carboxylic acids is 2. The standard InChI is InChI=1S/C25H24N2O6/c1-3-14-32-19-11-9-18(10-12-19)25(30)33-22-13-8-17(15-23(22)31-2)16-26-27-24(29)20-6-4-5-7-21(20)28/h4-13,15-16,28H,3,14H2,1-2H3,(H,27,29)/b26-16+. The summed E-state index contributed by atoms with van der Waals surface area (Å²) in [4.78, 5) is 24.6. The lowest BCUT2D eigenvalue weighted by Crippen LogP contribution is -2.17. The fraction of sp³-hybridized carbons (Fsp3) is 0.160. The Bertz CT molecular complexity index is 1140. The molecule has 0 saturated carbocycles. The molecule has 0 heterocycles. The number of nitrogens with zero attached hydrogens (tertiary/aromatic N) is 1. The molecule has 0 radical (unpaired) electrons. The maximum Gasteiger partial charge on any atom is 0.343 e. The summed E-state index contributed by atoms with van der Waals surface area (Å²) < 4.78 is 16.3. The number of carbonyl (C=O) groups is 2. The molecule has 0 bridgehead atoms. The minimum atomic E-state index is -0.548. The minimum Gasteiger partial charge on any atom is -0.507 e. The third-order valence-corrected chi connectivity index (χ3v) is 4.48. The molecule has 3 aromatic carbocycles. The first kappa shape index (κ1) is 23.3. The fourth-order valence-electron chi connectivity index (χ4n) is 2.81. The number of hydrogen-bond acceptors (Lipinski definition) is 7. The molecule has 0 aliphatic heterocycles. The molecule has 0 aliphatic rings. The Morgan fingerprint density at radius 3 is 2.48 bits per heavy atom. The highest BCUT2D eigenvalue weighted by atomic mass is 16.6. The number of para-hydroxylation sites is 1. The molecule has 0 aromatic heterocycles. The zero-order chi connectivity index (χ0) is 23.6. The first-order valence-corrected chi connectivity index (χ1v) is 10.3. The number of ether oxygens (including phenoxy) is 3. The van der Waals surface area contributed by atoms with Gasteiger partial charge in [0.05, 0.1) is 31.1 Å². The Morgan fingerprint density at radius 2 is 1.79 bits per heavy atom. The van der Waals surface area contributed by atoms with Crippen molar-refractivity contribution >= 4 is 18.1 Å². The van der Waals surface area contributed by atoms with Gasteiger partial charge >= 0.3 is 5.97 Å². The van der Waals surface area contributed by atoms with E-state index in [0.29, 0.717) is 29.2 Å². The number of methoxy groups -OCH3 is 1. The van der Waals surface area contributed by atoms with Crippen molar-refractivity contribution < 1.29 is 28.9 Å². The van der Waals surface area contributed by atoms with Crippen molar-refractivity contribution in [3.63, 3.8) is 0 Å². The maximum atomic E-state index is 12.5. The van der Waals surface area contributed by atoms with E-state index >= 15 is 0 Å². The highest BCUT2D eigenvalue weighted by molar-refractivity contribution is 5.97. The van der Waals surface area contributed by atoms with Crippen LogP contribution in [0.5, 0.6) is 23.0 Å². The second-order valence-electron chi connectivity index (χ2n) is 6.89. The van der Waals surface area contributed by atoms with Gasteiger partial charge in [-0.25, -0.2) is 10.2 Å². The van der Waals surface area contributed by atoms with Crippen LogP contribution in [0.4, 0.5) is 0 Å². The van der Waals surface area contributed by atoms with Gasteiger partial charge in [0.25, 0.3) is 5.91 Å². The topological polar surface area (TPSA) is 106 Å². The van der Waals surface area contributed by atoms with E-state index in [2.05, 4.69) is 10.5 Å². The fourth-order valence-corrected chi connectivity index (χ4v) is 2.81. The lowest BCUT2D eigenvalue weighted by atomic mass is 10.2. The Hall–Kier alpha value is -4.33. The molecule has 0 atom stereocenters. The first-order chi connectivity index (χ1) is 16.0. The van der Waals surface area contributed by atoms with Crippen LogP contribution < -0.4 is 19.6 Å². The van der Waals surface area contributed by atoms with Crippen molar-refractivity contribution in [3.05, 3.63) is 83.4 Å². The van der Waals surface area contributed by atoms with Crippen LogP contribution in [-0.4, -0.2) is 36.9 Å². The van der Waals surface area contributed by atoms with E-state index in [0.717, 1.165) is 6.42 Å². The number of esters is 1. The summed E-state index contributed by atoms with van der Waals surface area (Å²) >= 11 is 0. The van der Waals surface area contributed by atoms with Gasteiger partial charge in [-0.3, -0.25) is 4.79 Å². The average molecular weight is 448 g/mol. The second-order valence-corrected chi connectivity index (χ2v) is 6.89. The number of rotatable bonds is 9. The summed E-state index contributed by atoms with van der Waals surface area (Å²) in [5, 5.41) is 13.6. The number of nitrogens with one attached hydrogen (secondary N) is 1. The number of amides is 1. The predicted molar refractivity (Wildman–Crippen MR) is 123 cm³/mol. The largest absolute Gasteiger partial charge is 0.507 e. The number of aromatic hydroxyl groups is 1. The van der Waals surface area contributed by atoms with Crippen LogP contribution in [-0.2, 0) is 0 Å². The molecule has 3 aromatic rings. The van der Waals surface area contributed by atoms with Gasteiger partial charge in [-0.15, -0.1) is 0 Å². The average Bonchev–Trinajstić information content (AvgIpc) is 2.84. The summed E-state index contributed by atoms with van der Waals surface area (Å²) in [7, 11) is 1.45. The van der Waals surface area contributed by atoms with E-state index in [1.165, 1.54) is 25.5 Å². The van der Waals surface area contributed by atoms with E-state index in [-0.39, 0.29) is 17.1 Å². The zero-order valence-corrected chi connectivity index (χ0v) is 18.3. The normalized spacial score (nSPS) is 10.6. The van der Waals surface area contributed by atoms with Crippen LogP contribution in [0.15, 0.2) is 71.8 Å². The Morgan fingerprint density at radius 1 is 1.03 bits per heavy atom. The van der Waals surface area contributed by atoms with E-state index in [1.807, 2.05) is 6.92 Å². The molecular formula is C25H24N2O6. The number of hydrogen-bond donors (Lipinski definition) is 2. The Labute approximate surface area is 191 Å². The Balaban J connectivity index is 1.64. The van der Waals surface area contributed by atoms with Crippen LogP contribution >= 0.6 is 0 Å². The predicted octanol–water partition coefficient (Wildman–Crippen LogP) is 4.17. The highest BCUT2D eigenvalue weighted by Gasteiger charge is 2.13. The number of phenols is 1. The smallest absolute Gasteiger partial charge is 0.343 e. The monoisotopic (exact) mass is 448 g/mol. The number of phenolic OH excluding ortho intramolecular Hbond substituents is 1. The molecule has 0 aliphatic carbocycles. The number of hydrazone groups is 1. The van der Waals surface area contributed by atoms with E-state index in [4.69, 9.17) is 14.2 Å². The summed E-state index contributed by atoms with van der Waals surface area (Å²) in [6.45, 7) is 2.62. The first-order valence-electron chi connectivity index (χ1n) is 10.3. The van der Waals surface area contributed by atoms with Gasteiger partial charge in [0, 0.05) is 0 Å². The van der Waals surface area contributed by atoms with E-state index in [1.54, 1.807) is 54.6 Å². The lowest BCUT2D eigenvalue weighted by molar-refractivity contribution is 0.0729. The molecule has 8 nitrogen and oxygen atoms in total. The van der Waals surface area contributed by atoms with Gasteiger partial charge in [0.1, 0.15) is 11.5 Å². The SMILES string of the molecule is CCCOc1ccc(C(=O)Oc2ccc(/C=N/NC(=O)c3ccccc3O)cc2OC)cc1. The minimum absolute atomic E-state index is 0.111. The van der Waals surface area contributed by atoms with Crippen molar-refractivity contribution in [2.75, 3.05) is 13.7 Å². The molecule has 170 valence electrons.